The summed E-state index contributed by atoms with van der Waals surface area (Å²) in [7, 11) is 0. The third-order valence-electron chi connectivity index (χ3n) is 13.3. The Bertz CT molecular complexity index is 3350. The fourth-order valence-corrected chi connectivity index (χ4v) is 10.4. The monoisotopic (exact) mass is 828 g/mol. The maximum absolute atomic E-state index is 2.47. The van der Waals surface area contributed by atoms with Crippen molar-refractivity contribution in [2.24, 2.45) is 0 Å². The van der Waals surface area contributed by atoms with Crippen LogP contribution in [0.3, 0.4) is 0 Å². The van der Waals surface area contributed by atoms with Crippen molar-refractivity contribution < 1.29 is 0 Å². The first-order valence-electron chi connectivity index (χ1n) is 22.4. The molecule has 0 unspecified atom stereocenters. The van der Waals surface area contributed by atoms with Crippen LogP contribution in [0.2, 0.25) is 0 Å². The minimum atomic E-state index is -0.495. The lowest BCUT2D eigenvalue weighted by molar-refractivity contribution is 0.771. The van der Waals surface area contributed by atoms with Gasteiger partial charge >= 0.3 is 0 Å². The number of rotatable bonds is 10. The lowest BCUT2D eigenvalue weighted by Crippen LogP contribution is -2.29. The Kier molecular flexibility index (Phi) is 9.43. The summed E-state index contributed by atoms with van der Waals surface area (Å²) in [6.07, 6.45) is 0. The van der Waals surface area contributed by atoms with Crippen LogP contribution >= 0.6 is 0 Å². The van der Waals surface area contributed by atoms with Crippen molar-refractivity contribution in [3.8, 4) is 22.3 Å². The summed E-state index contributed by atoms with van der Waals surface area (Å²) in [5, 5.41) is 5.19. The number of anilines is 6. The zero-order valence-corrected chi connectivity index (χ0v) is 35.8. The van der Waals surface area contributed by atoms with E-state index in [2.05, 4.69) is 277 Å². The van der Waals surface area contributed by atoms with Gasteiger partial charge in [0, 0.05) is 34.1 Å². The summed E-state index contributed by atoms with van der Waals surface area (Å²) in [5.41, 5.74) is 16.1. The largest absolute Gasteiger partial charge is 0.311 e. The zero-order valence-electron chi connectivity index (χ0n) is 35.8. The van der Waals surface area contributed by atoms with E-state index in [4.69, 9.17) is 0 Å². The molecular weight excluding hydrogens is 785 g/mol. The summed E-state index contributed by atoms with van der Waals surface area (Å²) in [4.78, 5) is 4.71. The van der Waals surface area contributed by atoms with E-state index in [-0.39, 0.29) is 0 Å². The molecule has 0 heterocycles. The average Bonchev–Trinajstić information content (AvgIpc) is 3.69. The average molecular weight is 829 g/mol. The van der Waals surface area contributed by atoms with E-state index in [9.17, 15) is 0 Å². The highest BCUT2D eigenvalue weighted by molar-refractivity contribution is 6.17. The maximum Gasteiger partial charge on any atom is 0.0714 e. The van der Waals surface area contributed by atoms with Gasteiger partial charge in [-0.15, -0.1) is 0 Å². The minimum absolute atomic E-state index is 0.495. The van der Waals surface area contributed by atoms with Crippen molar-refractivity contribution in [2.45, 2.75) is 5.41 Å². The molecule has 2 heteroatoms. The fraction of sp³-hybridized carbons (Fsp3) is 0.0159. The van der Waals surface area contributed by atoms with E-state index in [0.29, 0.717) is 0 Å². The van der Waals surface area contributed by atoms with Crippen molar-refractivity contribution in [1.29, 1.82) is 0 Å². The van der Waals surface area contributed by atoms with Crippen LogP contribution in [-0.4, -0.2) is 0 Å². The molecule has 0 bridgehead atoms. The Morgan fingerprint density at radius 3 is 1.03 bits per heavy atom. The fourth-order valence-electron chi connectivity index (χ4n) is 10.4. The lowest BCUT2D eigenvalue weighted by atomic mass is 9.67. The lowest BCUT2D eigenvalue weighted by Gasteiger charge is -2.35. The zero-order chi connectivity index (χ0) is 43.2. The first-order valence-corrected chi connectivity index (χ1v) is 22.4. The Morgan fingerprint density at radius 2 is 0.585 bits per heavy atom. The molecule has 12 rings (SSSR count). The number of hydrogen-bond donors (Lipinski definition) is 0. The highest BCUT2D eigenvalue weighted by atomic mass is 15.1. The van der Waals surface area contributed by atoms with E-state index >= 15 is 0 Å². The summed E-state index contributed by atoms with van der Waals surface area (Å²) in [5.74, 6) is 0. The van der Waals surface area contributed by atoms with Crippen LogP contribution in [0.4, 0.5) is 34.1 Å². The second kappa shape index (κ2) is 16.0. The SMILES string of the molecule is c1ccc(N(c2ccccc2)c2ccc(-c3ccc(-c4ccc(N(c5ccccc5)c5cc6c7c(ccc8cccc(c87)C6(c6ccccc6)c6ccccc6)c5)cc4)cc3)cc2)cc1. The van der Waals surface area contributed by atoms with E-state index in [1.54, 1.807) is 0 Å². The number of para-hydroxylation sites is 3. The van der Waals surface area contributed by atoms with Gasteiger partial charge in [-0.3, -0.25) is 0 Å². The third-order valence-corrected chi connectivity index (χ3v) is 13.3. The van der Waals surface area contributed by atoms with E-state index < -0.39 is 5.41 Å². The van der Waals surface area contributed by atoms with Gasteiger partial charge in [0.05, 0.1) is 5.41 Å². The summed E-state index contributed by atoms with van der Waals surface area (Å²) in [6.45, 7) is 0. The van der Waals surface area contributed by atoms with Crippen LogP contribution in [0.5, 0.6) is 0 Å². The molecule has 0 aliphatic heterocycles. The predicted molar refractivity (Wildman–Crippen MR) is 274 cm³/mol. The highest BCUT2D eigenvalue weighted by Crippen LogP contribution is 2.57. The van der Waals surface area contributed by atoms with Crippen molar-refractivity contribution in [3.05, 3.63) is 289 Å². The second-order valence-corrected chi connectivity index (χ2v) is 16.9. The summed E-state index contributed by atoms with van der Waals surface area (Å²) in [6, 6.07) is 97.2. The van der Waals surface area contributed by atoms with Crippen LogP contribution < -0.4 is 9.80 Å². The molecule has 0 N–H and O–H groups in total. The van der Waals surface area contributed by atoms with Gasteiger partial charge in [-0.1, -0.05) is 194 Å². The topological polar surface area (TPSA) is 6.48 Å². The van der Waals surface area contributed by atoms with Crippen molar-refractivity contribution in [2.75, 3.05) is 9.80 Å². The molecule has 0 atom stereocenters. The molecule has 0 amide bonds. The quantitative estimate of drug-likeness (QED) is 0.127. The van der Waals surface area contributed by atoms with Crippen LogP contribution in [0.15, 0.2) is 267 Å². The molecule has 0 fully saturated rings. The summed E-state index contributed by atoms with van der Waals surface area (Å²) >= 11 is 0. The molecule has 11 aromatic rings. The molecule has 0 aromatic heterocycles. The van der Waals surface area contributed by atoms with Crippen LogP contribution in [0.25, 0.3) is 43.8 Å². The van der Waals surface area contributed by atoms with Gasteiger partial charge in [0.2, 0.25) is 0 Å². The van der Waals surface area contributed by atoms with Gasteiger partial charge in [-0.05, 0) is 139 Å². The molecular formula is C63H44N2. The highest BCUT2D eigenvalue weighted by Gasteiger charge is 2.45. The van der Waals surface area contributed by atoms with Crippen molar-refractivity contribution >= 4 is 55.7 Å². The van der Waals surface area contributed by atoms with Crippen molar-refractivity contribution in [1.82, 2.24) is 0 Å². The molecule has 0 saturated heterocycles. The standard InChI is InChI=1S/C63H44N2/c1-6-18-51(19-7-1)63(52-20-8-2-9-21-52)59-28-16-17-49-33-34-50-43-58(44-60(63)62(50)61(49)59)65(55-26-14-5-15-27-55)57-41-37-48(38-42-57)46-31-29-45(30-32-46)47-35-39-56(40-36-47)64(53-22-10-3-11-23-53)54-24-12-4-13-25-54/h1-44H. The minimum Gasteiger partial charge on any atom is -0.311 e. The third kappa shape index (κ3) is 6.50. The van der Waals surface area contributed by atoms with Crippen molar-refractivity contribution in [3.63, 3.8) is 0 Å². The van der Waals surface area contributed by atoms with Gasteiger partial charge in [0.15, 0.2) is 0 Å². The molecule has 2 nitrogen and oxygen atoms in total. The van der Waals surface area contributed by atoms with Gasteiger partial charge in [0.1, 0.15) is 0 Å². The molecule has 0 saturated carbocycles. The number of nitrogens with zero attached hydrogens (tertiary/aromatic N) is 2. The Balaban J connectivity index is 0.907. The van der Waals surface area contributed by atoms with E-state index in [1.807, 2.05) is 0 Å². The van der Waals surface area contributed by atoms with Gasteiger partial charge in [-0.2, -0.15) is 0 Å². The Morgan fingerprint density at radius 1 is 0.231 bits per heavy atom. The second-order valence-electron chi connectivity index (χ2n) is 16.9. The number of hydrogen-bond acceptors (Lipinski definition) is 2. The van der Waals surface area contributed by atoms with Crippen LogP contribution in [0, 0.1) is 0 Å². The smallest absolute Gasteiger partial charge is 0.0714 e. The predicted octanol–water partition coefficient (Wildman–Crippen LogP) is 17.0. The normalized spacial score (nSPS) is 12.4. The Labute approximate surface area is 380 Å². The van der Waals surface area contributed by atoms with E-state index in [0.717, 1.165) is 34.1 Å². The molecule has 11 aromatic carbocycles. The first-order chi connectivity index (χ1) is 32.2. The van der Waals surface area contributed by atoms with Gasteiger partial charge < -0.3 is 9.80 Å². The summed E-state index contributed by atoms with van der Waals surface area (Å²) < 4.78 is 0. The number of benzene rings is 11. The molecule has 306 valence electrons. The van der Waals surface area contributed by atoms with E-state index in [1.165, 1.54) is 66.1 Å². The van der Waals surface area contributed by atoms with Gasteiger partial charge in [-0.25, -0.2) is 0 Å². The molecule has 0 spiro atoms. The first kappa shape index (κ1) is 38.2. The maximum atomic E-state index is 2.47. The molecule has 1 aliphatic rings. The Hall–Kier alpha value is -8.46. The molecule has 1 aliphatic carbocycles. The molecule has 65 heavy (non-hydrogen) atoms. The van der Waals surface area contributed by atoms with Gasteiger partial charge in [0.25, 0.3) is 0 Å². The molecule has 0 radical (unpaired) electrons. The van der Waals surface area contributed by atoms with Crippen LogP contribution in [-0.2, 0) is 5.41 Å². The van der Waals surface area contributed by atoms with Crippen LogP contribution in [0.1, 0.15) is 22.3 Å².